The molecule has 1 aromatic rings. The molecule has 0 aromatic heterocycles. The average molecular weight is 307 g/mol. The Morgan fingerprint density at radius 1 is 1.33 bits per heavy atom. The normalized spacial score (nSPS) is 22.7. The molecule has 0 saturated heterocycles. The van der Waals surface area contributed by atoms with Crippen LogP contribution in [0.1, 0.15) is 32.6 Å². The predicted octanol–water partition coefficient (Wildman–Crippen LogP) is 2.93. The van der Waals surface area contributed by atoms with Gasteiger partial charge in [0.2, 0.25) is 5.91 Å². The number of carboxylic acids is 1. The highest BCUT2D eigenvalue weighted by molar-refractivity contribution is 8.00. The summed E-state index contributed by atoms with van der Waals surface area (Å²) in [5.41, 5.74) is 0. The number of carboxylic acid groups (broad SMARTS) is 1. The fraction of sp³-hybridized carbons (Fsp3) is 0.500. The van der Waals surface area contributed by atoms with Gasteiger partial charge in [-0.2, -0.15) is 0 Å². The molecule has 5 heteroatoms. The van der Waals surface area contributed by atoms with Crippen LogP contribution in [-0.4, -0.2) is 28.3 Å². The van der Waals surface area contributed by atoms with Crippen LogP contribution < -0.4 is 5.32 Å². The van der Waals surface area contributed by atoms with Gasteiger partial charge in [-0.3, -0.25) is 9.59 Å². The van der Waals surface area contributed by atoms with Crippen LogP contribution in [-0.2, 0) is 9.59 Å². The van der Waals surface area contributed by atoms with Crippen molar-refractivity contribution in [3.8, 4) is 0 Å². The third kappa shape index (κ3) is 4.24. The quantitative estimate of drug-likeness (QED) is 0.793. The van der Waals surface area contributed by atoms with Gasteiger partial charge in [-0.25, -0.2) is 0 Å². The van der Waals surface area contributed by atoms with Crippen LogP contribution in [0, 0.1) is 5.92 Å². The van der Waals surface area contributed by atoms with Crippen molar-refractivity contribution in [2.45, 2.75) is 48.8 Å². The first kappa shape index (κ1) is 15.9. The van der Waals surface area contributed by atoms with Crippen molar-refractivity contribution in [3.05, 3.63) is 30.3 Å². The molecule has 1 aliphatic rings. The van der Waals surface area contributed by atoms with Crippen molar-refractivity contribution >= 4 is 23.6 Å². The maximum atomic E-state index is 12.4. The second-order valence-electron chi connectivity index (χ2n) is 5.32. The number of aliphatic carboxylic acids is 1. The van der Waals surface area contributed by atoms with Crippen LogP contribution in [0.25, 0.3) is 0 Å². The van der Waals surface area contributed by atoms with E-state index in [1.807, 2.05) is 37.3 Å². The summed E-state index contributed by atoms with van der Waals surface area (Å²) in [6.07, 6.45) is 3.00. The Balaban J connectivity index is 1.95. The Labute approximate surface area is 129 Å². The van der Waals surface area contributed by atoms with Crippen LogP contribution in [0.3, 0.4) is 0 Å². The number of carbonyl (C=O) groups excluding carboxylic acids is 1. The third-order valence-electron chi connectivity index (χ3n) is 3.85. The first-order valence-electron chi connectivity index (χ1n) is 7.36. The molecule has 114 valence electrons. The van der Waals surface area contributed by atoms with Crippen molar-refractivity contribution in [1.82, 2.24) is 5.32 Å². The second-order valence-corrected chi connectivity index (χ2v) is 6.59. The van der Waals surface area contributed by atoms with Crippen molar-refractivity contribution in [3.63, 3.8) is 0 Å². The molecule has 21 heavy (non-hydrogen) atoms. The lowest BCUT2D eigenvalue weighted by Gasteiger charge is -2.21. The number of rotatable bonds is 6. The molecule has 1 unspecified atom stereocenters. The van der Waals surface area contributed by atoms with Crippen molar-refractivity contribution < 1.29 is 14.7 Å². The Hall–Kier alpha value is -1.49. The molecule has 1 aromatic carbocycles. The number of thioether (sulfide) groups is 1. The van der Waals surface area contributed by atoms with Gasteiger partial charge in [-0.05, 0) is 31.4 Å². The molecular weight excluding hydrogens is 286 g/mol. The fourth-order valence-corrected chi connectivity index (χ4v) is 3.67. The van der Waals surface area contributed by atoms with Crippen molar-refractivity contribution in [2.75, 3.05) is 0 Å². The topological polar surface area (TPSA) is 66.4 Å². The lowest BCUT2D eigenvalue weighted by atomic mass is 10.0. The zero-order valence-electron chi connectivity index (χ0n) is 12.1. The monoisotopic (exact) mass is 307 g/mol. The molecular formula is C16H21NO3S. The zero-order valence-corrected chi connectivity index (χ0v) is 12.9. The summed E-state index contributed by atoms with van der Waals surface area (Å²) in [6, 6.07) is 9.59. The summed E-state index contributed by atoms with van der Waals surface area (Å²) in [7, 11) is 0. The summed E-state index contributed by atoms with van der Waals surface area (Å²) < 4.78 is 0. The second kappa shape index (κ2) is 7.50. The van der Waals surface area contributed by atoms with Gasteiger partial charge in [-0.1, -0.05) is 31.5 Å². The molecule has 0 bridgehead atoms. The van der Waals surface area contributed by atoms with E-state index in [9.17, 15) is 14.7 Å². The van der Waals surface area contributed by atoms with Gasteiger partial charge in [0.1, 0.15) is 0 Å². The Bertz CT molecular complexity index is 492. The van der Waals surface area contributed by atoms with Crippen LogP contribution in [0.5, 0.6) is 0 Å². The van der Waals surface area contributed by atoms with Gasteiger partial charge in [-0.15, -0.1) is 11.8 Å². The highest BCUT2D eigenvalue weighted by Gasteiger charge is 2.35. The number of carbonyl (C=O) groups is 2. The summed E-state index contributed by atoms with van der Waals surface area (Å²) in [6.45, 7) is 1.98. The minimum Gasteiger partial charge on any atom is -0.481 e. The predicted molar refractivity (Wildman–Crippen MR) is 83.3 cm³/mol. The van der Waals surface area contributed by atoms with E-state index in [0.717, 1.165) is 24.2 Å². The molecule has 2 rings (SSSR count). The van der Waals surface area contributed by atoms with Gasteiger partial charge in [0.25, 0.3) is 0 Å². The van der Waals surface area contributed by atoms with Crippen LogP contribution in [0.2, 0.25) is 0 Å². The minimum atomic E-state index is -0.804. The lowest BCUT2D eigenvalue weighted by Crippen LogP contribution is -2.43. The molecule has 0 heterocycles. The van der Waals surface area contributed by atoms with Gasteiger partial charge >= 0.3 is 5.97 Å². The molecule has 1 amide bonds. The van der Waals surface area contributed by atoms with E-state index in [0.29, 0.717) is 6.42 Å². The van der Waals surface area contributed by atoms with E-state index in [1.165, 1.54) is 11.8 Å². The third-order valence-corrected chi connectivity index (χ3v) is 5.22. The van der Waals surface area contributed by atoms with E-state index in [1.54, 1.807) is 0 Å². The Morgan fingerprint density at radius 2 is 2.05 bits per heavy atom. The molecule has 2 N–H and O–H groups in total. The van der Waals surface area contributed by atoms with Gasteiger partial charge in [0, 0.05) is 10.9 Å². The molecule has 1 saturated carbocycles. The summed E-state index contributed by atoms with van der Waals surface area (Å²) in [5, 5.41) is 11.9. The summed E-state index contributed by atoms with van der Waals surface area (Å²) >= 11 is 1.53. The Kier molecular flexibility index (Phi) is 5.67. The number of benzene rings is 1. The molecule has 0 spiro atoms. The van der Waals surface area contributed by atoms with Crippen molar-refractivity contribution in [2.24, 2.45) is 5.92 Å². The lowest BCUT2D eigenvalue weighted by molar-refractivity contribution is -0.142. The number of hydrogen-bond acceptors (Lipinski definition) is 3. The molecule has 1 fully saturated rings. The average Bonchev–Trinajstić information content (AvgIpc) is 2.94. The maximum Gasteiger partial charge on any atom is 0.308 e. The highest BCUT2D eigenvalue weighted by Crippen LogP contribution is 2.28. The summed E-state index contributed by atoms with van der Waals surface area (Å²) in [4.78, 5) is 24.6. The molecule has 3 atom stereocenters. The van der Waals surface area contributed by atoms with E-state index < -0.39 is 11.9 Å². The van der Waals surface area contributed by atoms with Crippen LogP contribution in [0.4, 0.5) is 0 Å². The fourth-order valence-electron chi connectivity index (χ4n) is 2.69. The van der Waals surface area contributed by atoms with Gasteiger partial charge < -0.3 is 10.4 Å². The number of amides is 1. The van der Waals surface area contributed by atoms with Crippen LogP contribution in [0.15, 0.2) is 35.2 Å². The zero-order chi connectivity index (χ0) is 15.2. The van der Waals surface area contributed by atoms with E-state index in [2.05, 4.69) is 5.32 Å². The van der Waals surface area contributed by atoms with E-state index in [4.69, 9.17) is 0 Å². The minimum absolute atomic E-state index is 0.0514. The maximum absolute atomic E-state index is 12.4. The standard InChI is InChI=1S/C16H21NO3S/c1-2-14(21-11-7-4-3-5-8-11)15(18)17-13-10-6-9-12(13)16(19)20/h3-5,7-8,12-14H,2,6,9-10H2,1H3,(H,17,18)(H,19,20)/t12-,13+,14?/m0/s1. The smallest absolute Gasteiger partial charge is 0.308 e. The molecule has 4 nitrogen and oxygen atoms in total. The Morgan fingerprint density at radius 3 is 2.67 bits per heavy atom. The van der Waals surface area contributed by atoms with Gasteiger partial charge in [0.15, 0.2) is 0 Å². The van der Waals surface area contributed by atoms with Crippen LogP contribution >= 0.6 is 11.8 Å². The highest BCUT2D eigenvalue weighted by atomic mass is 32.2. The number of nitrogens with one attached hydrogen (secondary N) is 1. The van der Waals surface area contributed by atoms with E-state index >= 15 is 0 Å². The van der Waals surface area contributed by atoms with E-state index in [-0.39, 0.29) is 17.2 Å². The SMILES string of the molecule is CCC(Sc1ccccc1)C(=O)N[C@@H]1CCC[C@@H]1C(=O)O. The van der Waals surface area contributed by atoms with Gasteiger partial charge in [0.05, 0.1) is 11.2 Å². The largest absolute Gasteiger partial charge is 0.481 e. The molecule has 0 aliphatic heterocycles. The molecule has 0 radical (unpaired) electrons. The van der Waals surface area contributed by atoms with Crippen molar-refractivity contribution in [1.29, 1.82) is 0 Å². The first-order chi connectivity index (χ1) is 10.1. The summed E-state index contributed by atoms with van der Waals surface area (Å²) in [5.74, 6) is -1.29. The molecule has 1 aliphatic carbocycles. The number of hydrogen-bond donors (Lipinski definition) is 2. The first-order valence-corrected chi connectivity index (χ1v) is 8.24.